The highest BCUT2D eigenvalue weighted by Gasteiger charge is 2.37. The summed E-state index contributed by atoms with van der Waals surface area (Å²) in [6.45, 7) is 8.78. The van der Waals surface area contributed by atoms with Crippen molar-refractivity contribution in [1.29, 1.82) is 0 Å². The van der Waals surface area contributed by atoms with Gasteiger partial charge >= 0.3 is 0 Å². The van der Waals surface area contributed by atoms with Gasteiger partial charge < -0.3 is 10.5 Å². The van der Waals surface area contributed by atoms with Crippen molar-refractivity contribution in [2.45, 2.75) is 33.2 Å². The van der Waals surface area contributed by atoms with Crippen molar-refractivity contribution in [2.24, 2.45) is 17.6 Å². The van der Waals surface area contributed by atoms with Crippen molar-refractivity contribution in [1.82, 2.24) is 0 Å². The van der Waals surface area contributed by atoms with E-state index in [1.54, 1.807) is 7.11 Å². The SMILES string of the molecule is COc1ccc(C(N)(c2ccc(C)cc2)[C@@H](C)C(C)C)cc1. The molecule has 2 heteroatoms. The van der Waals surface area contributed by atoms with E-state index in [-0.39, 0.29) is 0 Å². The molecule has 22 heavy (non-hydrogen) atoms. The number of rotatable bonds is 5. The molecule has 0 amide bonds. The number of aryl methyl sites for hydroxylation is 1. The Morgan fingerprint density at radius 3 is 1.73 bits per heavy atom. The highest BCUT2D eigenvalue weighted by atomic mass is 16.5. The van der Waals surface area contributed by atoms with Crippen molar-refractivity contribution in [3.63, 3.8) is 0 Å². The van der Waals surface area contributed by atoms with Crippen molar-refractivity contribution < 1.29 is 4.74 Å². The molecule has 0 saturated carbocycles. The van der Waals surface area contributed by atoms with E-state index in [2.05, 4.69) is 64.1 Å². The maximum Gasteiger partial charge on any atom is 0.118 e. The smallest absolute Gasteiger partial charge is 0.118 e. The summed E-state index contributed by atoms with van der Waals surface area (Å²) in [7, 11) is 1.68. The summed E-state index contributed by atoms with van der Waals surface area (Å²) in [6.07, 6.45) is 0. The molecule has 2 N–H and O–H groups in total. The normalized spacial score (nSPS) is 15.4. The Balaban J connectivity index is 2.56. The van der Waals surface area contributed by atoms with Crippen LogP contribution in [0.15, 0.2) is 48.5 Å². The van der Waals surface area contributed by atoms with Crippen molar-refractivity contribution in [3.05, 3.63) is 65.2 Å². The van der Waals surface area contributed by atoms with Crippen LogP contribution in [0, 0.1) is 18.8 Å². The van der Waals surface area contributed by atoms with Gasteiger partial charge in [0.25, 0.3) is 0 Å². The molecule has 0 saturated heterocycles. The van der Waals surface area contributed by atoms with Gasteiger partial charge in [0, 0.05) is 0 Å². The van der Waals surface area contributed by atoms with Crippen LogP contribution < -0.4 is 10.5 Å². The lowest BCUT2D eigenvalue weighted by atomic mass is 9.70. The van der Waals surface area contributed by atoms with Gasteiger partial charge in [0.15, 0.2) is 0 Å². The molecule has 0 radical (unpaired) electrons. The highest BCUT2D eigenvalue weighted by Crippen LogP contribution is 2.38. The molecule has 2 aromatic carbocycles. The molecule has 0 aliphatic carbocycles. The Bertz CT molecular complexity index is 601. The third-order valence-electron chi connectivity index (χ3n) is 4.82. The van der Waals surface area contributed by atoms with Gasteiger partial charge in [0.1, 0.15) is 5.75 Å². The number of nitrogens with two attached hydrogens (primary N) is 1. The van der Waals surface area contributed by atoms with Crippen molar-refractivity contribution in [2.75, 3.05) is 7.11 Å². The summed E-state index contributed by atoms with van der Waals surface area (Å²) >= 11 is 0. The van der Waals surface area contributed by atoms with Crippen LogP contribution in [-0.4, -0.2) is 7.11 Å². The van der Waals surface area contributed by atoms with Gasteiger partial charge in [-0.2, -0.15) is 0 Å². The van der Waals surface area contributed by atoms with E-state index < -0.39 is 5.54 Å². The number of hydrogen-bond acceptors (Lipinski definition) is 2. The van der Waals surface area contributed by atoms with Gasteiger partial charge in [-0.05, 0) is 42.0 Å². The third-order valence-corrected chi connectivity index (χ3v) is 4.82. The zero-order chi connectivity index (χ0) is 16.3. The number of methoxy groups -OCH3 is 1. The lowest BCUT2D eigenvalue weighted by Gasteiger charge is -2.39. The lowest BCUT2D eigenvalue weighted by molar-refractivity contribution is 0.271. The monoisotopic (exact) mass is 297 g/mol. The van der Waals surface area contributed by atoms with E-state index >= 15 is 0 Å². The van der Waals surface area contributed by atoms with E-state index in [1.807, 2.05) is 12.1 Å². The van der Waals surface area contributed by atoms with Crippen LogP contribution in [0.5, 0.6) is 5.75 Å². The maximum absolute atomic E-state index is 6.99. The molecule has 118 valence electrons. The average Bonchev–Trinajstić information content (AvgIpc) is 2.54. The Hall–Kier alpha value is -1.80. The summed E-state index contributed by atoms with van der Waals surface area (Å²) in [4.78, 5) is 0. The maximum atomic E-state index is 6.99. The molecule has 2 nitrogen and oxygen atoms in total. The van der Waals surface area contributed by atoms with Crippen LogP contribution in [-0.2, 0) is 5.54 Å². The topological polar surface area (TPSA) is 35.2 Å². The number of hydrogen-bond donors (Lipinski definition) is 1. The van der Waals surface area contributed by atoms with E-state index in [0.717, 1.165) is 16.9 Å². The van der Waals surface area contributed by atoms with Crippen LogP contribution in [0.3, 0.4) is 0 Å². The molecule has 0 aliphatic heterocycles. The molecule has 1 unspecified atom stereocenters. The summed E-state index contributed by atoms with van der Waals surface area (Å²) in [5.41, 5.74) is 10.0. The van der Waals surface area contributed by atoms with Gasteiger partial charge in [-0.15, -0.1) is 0 Å². The summed E-state index contributed by atoms with van der Waals surface area (Å²) < 4.78 is 5.27. The lowest BCUT2D eigenvalue weighted by Crippen LogP contribution is -2.46. The second kappa shape index (κ2) is 6.53. The first-order valence-electron chi connectivity index (χ1n) is 7.90. The van der Waals surface area contributed by atoms with Gasteiger partial charge in [-0.25, -0.2) is 0 Å². The molecule has 2 atom stereocenters. The van der Waals surface area contributed by atoms with E-state index in [4.69, 9.17) is 10.5 Å². The van der Waals surface area contributed by atoms with Crippen LogP contribution in [0.1, 0.15) is 37.5 Å². The van der Waals surface area contributed by atoms with Gasteiger partial charge in [-0.1, -0.05) is 62.7 Å². The number of benzene rings is 2. The second-order valence-electron chi connectivity index (χ2n) is 6.50. The fraction of sp³-hybridized carbons (Fsp3) is 0.400. The number of ether oxygens (including phenoxy) is 1. The molecular weight excluding hydrogens is 270 g/mol. The largest absolute Gasteiger partial charge is 0.497 e. The summed E-state index contributed by atoms with van der Waals surface area (Å²) in [6, 6.07) is 16.7. The average molecular weight is 297 g/mol. The van der Waals surface area contributed by atoms with E-state index in [0.29, 0.717) is 11.8 Å². The molecular formula is C20H27NO. The van der Waals surface area contributed by atoms with Gasteiger partial charge in [0.2, 0.25) is 0 Å². The van der Waals surface area contributed by atoms with Crippen molar-refractivity contribution in [3.8, 4) is 5.75 Å². The fourth-order valence-electron chi connectivity index (χ4n) is 2.91. The van der Waals surface area contributed by atoms with Crippen LogP contribution in [0.4, 0.5) is 0 Å². The van der Waals surface area contributed by atoms with Crippen molar-refractivity contribution >= 4 is 0 Å². The molecule has 0 aromatic heterocycles. The molecule has 0 fully saturated rings. The van der Waals surface area contributed by atoms with Gasteiger partial charge in [0.05, 0.1) is 12.6 Å². The molecule has 0 spiro atoms. The predicted octanol–water partition coefficient (Wildman–Crippen LogP) is 4.50. The molecule has 0 aliphatic rings. The first kappa shape index (κ1) is 16.6. The minimum atomic E-state index is -0.506. The minimum absolute atomic E-state index is 0.309. The van der Waals surface area contributed by atoms with E-state index in [9.17, 15) is 0 Å². The zero-order valence-corrected chi connectivity index (χ0v) is 14.3. The van der Waals surface area contributed by atoms with E-state index in [1.165, 1.54) is 5.56 Å². The fourth-order valence-corrected chi connectivity index (χ4v) is 2.91. The first-order valence-corrected chi connectivity index (χ1v) is 7.90. The first-order chi connectivity index (χ1) is 10.4. The zero-order valence-electron chi connectivity index (χ0n) is 14.3. The standard InChI is InChI=1S/C20H27NO/c1-14(2)16(4)20(21,17-8-6-15(3)7-9-17)18-10-12-19(22-5)13-11-18/h6-14,16H,21H2,1-5H3/t16-,20?/m0/s1. The Kier molecular flexibility index (Phi) is 4.92. The third kappa shape index (κ3) is 3.02. The predicted molar refractivity (Wildman–Crippen MR) is 93.1 cm³/mol. The quantitative estimate of drug-likeness (QED) is 0.882. The molecule has 2 aromatic rings. The molecule has 2 rings (SSSR count). The van der Waals surface area contributed by atoms with Crippen LogP contribution in [0.2, 0.25) is 0 Å². The Labute approximate surface area is 134 Å². The Morgan fingerprint density at radius 1 is 0.864 bits per heavy atom. The molecule has 0 bridgehead atoms. The van der Waals surface area contributed by atoms with Crippen LogP contribution in [0.25, 0.3) is 0 Å². The summed E-state index contributed by atoms with van der Waals surface area (Å²) in [5, 5.41) is 0. The van der Waals surface area contributed by atoms with Crippen LogP contribution >= 0.6 is 0 Å². The highest BCUT2D eigenvalue weighted by molar-refractivity contribution is 5.42. The summed E-state index contributed by atoms with van der Waals surface area (Å²) in [5.74, 6) is 1.64. The van der Waals surface area contributed by atoms with Gasteiger partial charge in [-0.3, -0.25) is 0 Å². The molecule has 0 heterocycles. The minimum Gasteiger partial charge on any atom is -0.497 e. The Morgan fingerprint density at radius 2 is 1.32 bits per heavy atom. The second-order valence-corrected chi connectivity index (χ2v) is 6.50.